The first-order valence-corrected chi connectivity index (χ1v) is 9.32. The average Bonchev–Trinajstić information content (AvgIpc) is 2.59. The summed E-state index contributed by atoms with van der Waals surface area (Å²) in [5.41, 5.74) is 0.00603. The molecule has 2 amide bonds. The molecule has 2 fully saturated rings. The molecule has 0 aromatic heterocycles. The molecule has 0 saturated carbocycles. The van der Waals surface area contributed by atoms with Crippen molar-refractivity contribution in [3.63, 3.8) is 0 Å². The SMILES string of the molecule is CC(=O)N[C@@H](C(=O)NCC1(N2CCCCC2)CCOCC1)C(C)C. The highest BCUT2D eigenvalue weighted by molar-refractivity contribution is 5.87. The molecule has 2 saturated heterocycles. The van der Waals surface area contributed by atoms with Gasteiger partial charge in [0, 0.05) is 32.2 Å². The van der Waals surface area contributed by atoms with Gasteiger partial charge in [-0.05, 0) is 44.7 Å². The number of carbonyl (C=O) groups excluding carboxylic acids is 2. The van der Waals surface area contributed by atoms with E-state index in [0.29, 0.717) is 6.54 Å². The van der Waals surface area contributed by atoms with Gasteiger partial charge in [-0.15, -0.1) is 0 Å². The summed E-state index contributed by atoms with van der Waals surface area (Å²) >= 11 is 0. The molecule has 2 aliphatic rings. The van der Waals surface area contributed by atoms with Gasteiger partial charge in [-0.1, -0.05) is 20.3 Å². The molecule has 0 aromatic carbocycles. The summed E-state index contributed by atoms with van der Waals surface area (Å²) in [5, 5.41) is 5.90. The molecule has 0 radical (unpaired) electrons. The molecule has 138 valence electrons. The van der Waals surface area contributed by atoms with Crippen molar-refractivity contribution in [3.8, 4) is 0 Å². The summed E-state index contributed by atoms with van der Waals surface area (Å²) in [5.74, 6) is -0.182. The van der Waals surface area contributed by atoms with Crippen LogP contribution in [0.2, 0.25) is 0 Å². The molecule has 1 atom stereocenters. The van der Waals surface area contributed by atoms with Crippen LogP contribution in [0, 0.1) is 5.92 Å². The Morgan fingerprint density at radius 2 is 1.75 bits per heavy atom. The molecule has 0 bridgehead atoms. The van der Waals surface area contributed by atoms with Crippen LogP contribution in [-0.2, 0) is 14.3 Å². The third kappa shape index (κ3) is 4.93. The number of rotatable bonds is 6. The number of amides is 2. The van der Waals surface area contributed by atoms with Crippen LogP contribution in [0.15, 0.2) is 0 Å². The topological polar surface area (TPSA) is 70.7 Å². The highest BCUT2D eigenvalue weighted by Gasteiger charge is 2.39. The summed E-state index contributed by atoms with van der Waals surface area (Å²) in [4.78, 5) is 26.5. The lowest BCUT2D eigenvalue weighted by Crippen LogP contribution is -2.61. The second kappa shape index (κ2) is 8.81. The number of ether oxygens (including phenoxy) is 1. The number of hydrogen-bond acceptors (Lipinski definition) is 4. The zero-order chi connectivity index (χ0) is 17.6. The standard InChI is InChI=1S/C18H33N3O3/c1-14(2)16(20-15(3)22)17(23)19-13-18(7-11-24-12-8-18)21-9-5-4-6-10-21/h14,16H,4-13H2,1-3H3,(H,19,23)(H,20,22)/t16-/m1/s1. The number of piperidine rings is 1. The van der Waals surface area contributed by atoms with Gasteiger partial charge in [0.15, 0.2) is 0 Å². The first-order chi connectivity index (χ1) is 11.4. The first kappa shape index (κ1) is 19.2. The monoisotopic (exact) mass is 339 g/mol. The Bertz CT molecular complexity index is 427. The van der Waals surface area contributed by atoms with E-state index in [1.54, 1.807) is 0 Å². The molecular formula is C18H33N3O3. The van der Waals surface area contributed by atoms with E-state index in [1.807, 2.05) is 13.8 Å². The third-order valence-corrected chi connectivity index (χ3v) is 5.35. The Morgan fingerprint density at radius 1 is 1.12 bits per heavy atom. The molecule has 0 aliphatic carbocycles. The van der Waals surface area contributed by atoms with Crippen LogP contribution >= 0.6 is 0 Å². The largest absolute Gasteiger partial charge is 0.381 e. The molecule has 24 heavy (non-hydrogen) atoms. The summed E-state index contributed by atoms with van der Waals surface area (Å²) in [6.45, 7) is 9.72. The summed E-state index contributed by atoms with van der Waals surface area (Å²) in [7, 11) is 0. The fourth-order valence-corrected chi connectivity index (χ4v) is 3.84. The van der Waals surface area contributed by atoms with Crippen molar-refractivity contribution in [2.75, 3.05) is 32.8 Å². The van der Waals surface area contributed by atoms with Crippen molar-refractivity contribution in [1.29, 1.82) is 0 Å². The summed E-state index contributed by atoms with van der Waals surface area (Å²) in [6, 6.07) is -0.472. The number of nitrogens with zero attached hydrogens (tertiary/aromatic N) is 1. The van der Waals surface area contributed by atoms with Gasteiger partial charge in [0.2, 0.25) is 11.8 Å². The van der Waals surface area contributed by atoms with E-state index in [0.717, 1.165) is 39.1 Å². The minimum Gasteiger partial charge on any atom is -0.381 e. The first-order valence-electron chi connectivity index (χ1n) is 9.32. The lowest BCUT2D eigenvalue weighted by molar-refractivity contribution is -0.130. The van der Waals surface area contributed by atoms with E-state index < -0.39 is 6.04 Å². The Labute approximate surface area is 145 Å². The van der Waals surface area contributed by atoms with E-state index in [4.69, 9.17) is 4.74 Å². The minimum atomic E-state index is -0.472. The van der Waals surface area contributed by atoms with Crippen LogP contribution in [0.1, 0.15) is 52.9 Å². The van der Waals surface area contributed by atoms with E-state index in [1.165, 1.54) is 26.2 Å². The second-order valence-electron chi connectivity index (χ2n) is 7.52. The number of carbonyl (C=O) groups is 2. The fraction of sp³-hybridized carbons (Fsp3) is 0.889. The summed E-state index contributed by atoms with van der Waals surface area (Å²) < 4.78 is 5.56. The third-order valence-electron chi connectivity index (χ3n) is 5.35. The zero-order valence-corrected chi connectivity index (χ0v) is 15.4. The molecule has 0 aromatic rings. The highest BCUT2D eigenvalue weighted by Crippen LogP contribution is 2.30. The van der Waals surface area contributed by atoms with Gasteiger partial charge >= 0.3 is 0 Å². The molecule has 0 spiro atoms. The van der Waals surface area contributed by atoms with Gasteiger partial charge in [0.25, 0.3) is 0 Å². The van der Waals surface area contributed by atoms with Crippen LogP contribution in [0.5, 0.6) is 0 Å². The Kier molecular flexibility index (Phi) is 7.04. The average molecular weight is 339 g/mol. The quantitative estimate of drug-likeness (QED) is 0.765. The number of likely N-dealkylation sites (tertiary alicyclic amines) is 1. The lowest BCUT2D eigenvalue weighted by Gasteiger charge is -2.48. The fourth-order valence-electron chi connectivity index (χ4n) is 3.84. The minimum absolute atomic E-state index is 0.00603. The van der Waals surface area contributed by atoms with E-state index in [2.05, 4.69) is 15.5 Å². The molecular weight excluding hydrogens is 306 g/mol. The molecule has 2 heterocycles. The van der Waals surface area contributed by atoms with Crippen molar-refractivity contribution < 1.29 is 14.3 Å². The van der Waals surface area contributed by atoms with Crippen molar-refractivity contribution >= 4 is 11.8 Å². The van der Waals surface area contributed by atoms with Crippen LogP contribution in [0.3, 0.4) is 0 Å². The number of hydrogen-bond donors (Lipinski definition) is 2. The maximum absolute atomic E-state index is 12.6. The van der Waals surface area contributed by atoms with Crippen molar-refractivity contribution in [2.45, 2.75) is 64.5 Å². The van der Waals surface area contributed by atoms with Gasteiger partial charge in [-0.25, -0.2) is 0 Å². The predicted octanol–water partition coefficient (Wildman–Crippen LogP) is 1.30. The smallest absolute Gasteiger partial charge is 0.242 e. The molecule has 2 aliphatic heterocycles. The second-order valence-corrected chi connectivity index (χ2v) is 7.52. The maximum Gasteiger partial charge on any atom is 0.242 e. The Morgan fingerprint density at radius 3 is 2.29 bits per heavy atom. The van der Waals surface area contributed by atoms with E-state index in [-0.39, 0.29) is 23.3 Å². The molecule has 0 unspecified atom stereocenters. The predicted molar refractivity (Wildman–Crippen MR) is 93.7 cm³/mol. The Hall–Kier alpha value is -1.14. The van der Waals surface area contributed by atoms with Crippen LogP contribution in [-0.4, -0.2) is 61.1 Å². The van der Waals surface area contributed by atoms with Gasteiger partial charge in [-0.3, -0.25) is 14.5 Å². The van der Waals surface area contributed by atoms with Crippen LogP contribution < -0.4 is 10.6 Å². The van der Waals surface area contributed by atoms with E-state index in [9.17, 15) is 9.59 Å². The van der Waals surface area contributed by atoms with Gasteiger partial charge < -0.3 is 15.4 Å². The van der Waals surface area contributed by atoms with Gasteiger partial charge in [-0.2, -0.15) is 0 Å². The highest BCUT2D eigenvalue weighted by atomic mass is 16.5. The van der Waals surface area contributed by atoms with Crippen LogP contribution in [0.4, 0.5) is 0 Å². The van der Waals surface area contributed by atoms with Gasteiger partial charge in [0.1, 0.15) is 6.04 Å². The molecule has 6 nitrogen and oxygen atoms in total. The van der Waals surface area contributed by atoms with Gasteiger partial charge in [0.05, 0.1) is 0 Å². The van der Waals surface area contributed by atoms with Crippen molar-refractivity contribution in [1.82, 2.24) is 15.5 Å². The molecule has 2 N–H and O–H groups in total. The lowest BCUT2D eigenvalue weighted by atomic mass is 9.86. The Balaban J connectivity index is 2.01. The van der Waals surface area contributed by atoms with Crippen LogP contribution in [0.25, 0.3) is 0 Å². The summed E-state index contributed by atoms with van der Waals surface area (Å²) in [6.07, 6.45) is 5.68. The molecule has 6 heteroatoms. The number of nitrogens with one attached hydrogen (secondary N) is 2. The normalized spacial score (nSPS) is 22.8. The molecule has 2 rings (SSSR count). The van der Waals surface area contributed by atoms with Crippen molar-refractivity contribution in [3.05, 3.63) is 0 Å². The van der Waals surface area contributed by atoms with E-state index >= 15 is 0 Å². The zero-order valence-electron chi connectivity index (χ0n) is 15.4. The maximum atomic E-state index is 12.6. The van der Waals surface area contributed by atoms with Crippen molar-refractivity contribution in [2.24, 2.45) is 5.92 Å².